The molecule has 1 aliphatic rings. The molecule has 0 bridgehead atoms. The number of ether oxygens (including phenoxy) is 1. The van der Waals surface area contributed by atoms with Gasteiger partial charge in [-0.3, -0.25) is 0 Å². The summed E-state index contributed by atoms with van der Waals surface area (Å²) in [5, 5.41) is 3.82. The van der Waals surface area contributed by atoms with Crippen molar-refractivity contribution in [3.05, 3.63) is 0 Å². The predicted molar refractivity (Wildman–Crippen MR) is 74.3 cm³/mol. The minimum Gasteiger partial charge on any atom is -0.385 e. The molecular weight excluding hydrogens is 210 g/mol. The van der Waals surface area contributed by atoms with Gasteiger partial charge in [0.1, 0.15) is 0 Å². The lowest BCUT2D eigenvalue weighted by Crippen LogP contribution is -2.43. The van der Waals surface area contributed by atoms with Crippen LogP contribution in [0.3, 0.4) is 0 Å². The van der Waals surface area contributed by atoms with Crippen molar-refractivity contribution in [3.63, 3.8) is 0 Å². The molecule has 2 heteroatoms. The van der Waals surface area contributed by atoms with Crippen LogP contribution >= 0.6 is 0 Å². The zero-order valence-electron chi connectivity index (χ0n) is 12.2. The predicted octanol–water partition coefficient (Wildman–Crippen LogP) is 3.61. The maximum absolute atomic E-state index is 5.18. The van der Waals surface area contributed by atoms with Crippen LogP contribution in [0.2, 0.25) is 0 Å². The fourth-order valence-electron chi connectivity index (χ4n) is 2.84. The van der Waals surface area contributed by atoms with E-state index in [2.05, 4.69) is 26.1 Å². The first-order chi connectivity index (χ1) is 8.09. The molecule has 17 heavy (non-hydrogen) atoms. The molecule has 0 aromatic rings. The summed E-state index contributed by atoms with van der Waals surface area (Å²) >= 11 is 0. The Balaban J connectivity index is 2.32. The van der Waals surface area contributed by atoms with E-state index in [9.17, 15) is 0 Å². The van der Waals surface area contributed by atoms with Gasteiger partial charge >= 0.3 is 0 Å². The zero-order chi connectivity index (χ0) is 12.7. The Kier molecular flexibility index (Phi) is 6.50. The highest BCUT2D eigenvalue weighted by molar-refractivity contribution is 4.82. The van der Waals surface area contributed by atoms with Crippen LogP contribution in [0.1, 0.15) is 59.3 Å². The second-order valence-electron chi connectivity index (χ2n) is 6.35. The van der Waals surface area contributed by atoms with Crippen molar-refractivity contribution in [2.24, 2.45) is 11.3 Å². The fourth-order valence-corrected chi connectivity index (χ4v) is 2.84. The SMILES string of the molecule is CCC1CCCCC1NCC(C)(C)CCOC. The Labute approximate surface area is 108 Å². The Hall–Kier alpha value is -0.0800. The van der Waals surface area contributed by atoms with E-state index in [4.69, 9.17) is 4.74 Å². The molecule has 0 amide bonds. The largest absolute Gasteiger partial charge is 0.385 e. The average molecular weight is 241 g/mol. The number of hydrogen-bond donors (Lipinski definition) is 1. The van der Waals surface area contributed by atoms with Crippen LogP contribution in [0.25, 0.3) is 0 Å². The van der Waals surface area contributed by atoms with Crippen LogP contribution in [0.4, 0.5) is 0 Å². The molecule has 0 aromatic carbocycles. The summed E-state index contributed by atoms with van der Waals surface area (Å²) in [5.74, 6) is 0.905. The van der Waals surface area contributed by atoms with E-state index in [1.807, 2.05) is 0 Å². The number of methoxy groups -OCH3 is 1. The van der Waals surface area contributed by atoms with Crippen molar-refractivity contribution < 1.29 is 4.74 Å². The van der Waals surface area contributed by atoms with Gasteiger partial charge < -0.3 is 10.1 Å². The highest BCUT2D eigenvalue weighted by atomic mass is 16.5. The first kappa shape index (κ1) is 15.0. The van der Waals surface area contributed by atoms with Crippen LogP contribution in [0, 0.1) is 11.3 Å². The molecule has 0 spiro atoms. The maximum atomic E-state index is 5.18. The Morgan fingerprint density at radius 2 is 1.94 bits per heavy atom. The van der Waals surface area contributed by atoms with E-state index in [1.54, 1.807) is 7.11 Å². The normalized spacial score (nSPS) is 26.1. The smallest absolute Gasteiger partial charge is 0.0467 e. The van der Waals surface area contributed by atoms with E-state index in [0.29, 0.717) is 5.41 Å². The monoisotopic (exact) mass is 241 g/mol. The van der Waals surface area contributed by atoms with Gasteiger partial charge in [0, 0.05) is 26.3 Å². The lowest BCUT2D eigenvalue weighted by atomic mass is 9.81. The Bertz CT molecular complexity index is 203. The summed E-state index contributed by atoms with van der Waals surface area (Å²) in [7, 11) is 1.79. The van der Waals surface area contributed by atoms with Crippen molar-refractivity contribution in [1.82, 2.24) is 5.32 Å². The molecule has 1 N–H and O–H groups in total. The van der Waals surface area contributed by atoms with Gasteiger partial charge in [0.2, 0.25) is 0 Å². The van der Waals surface area contributed by atoms with Gasteiger partial charge in [-0.05, 0) is 30.6 Å². The molecule has 1 saturated carbocycles. The highest BCUT2D eigenvalue weighted by Crippen LogP contribution is 2.28. The number of hydrogen-bond acceptors (Lipinski definition) is 2. The Morgan fingerprint density at radius 3 is 2.59 bits per heavy atom. The quantitative estimate of drug-likeness (QED) is 0.735. The van der Waals surface area contributed by atoms with Gasteiger partial charge in [-0.25, -0.2) is 0 Å². The van der Waals surface area contributed by atoms with Gasteiger partial charge in [-0.1, -0.05) is 40.0 Å². The van der Waals surface area contributed by atoms with Crippen LogP contribution < -0.4 is 5.32 Å². The van der Waals surface area contributed by atoms with Gasteiger partial charge in [0.05, 0.1) is 0 Å². The first-order valence-electron chi connectivity index (χ1n) is 7.31. The molecule has 0 aliphatic heterocycles. The molecule has 1 aliphatic carbocycles. The second-order valence-corrected chi connectivity index (χ2v) is 6.35. The fraction of sp³-hybridized carbons (Fsp3) is 1.00. The van der Waals surface area contributed by atoms with Crippen molar-refractivity contribution in [1.29, 1.82) is 0 Å². The van der Waals surface area contributed by atoms with Crippen molar-refractivity contribution in [3.8, 4) is 0 Å². The standard InChI is InChI=1S/C15H31NO/c1-5-13-8-6-7-9-14(13)16-12-15(2,3)10-11-17-4/h13-14,16H,5-12H2,1-4H3. The summed E-state index contributed by atoms with van der Waals surface area (Å²) in [6.07, 6.45) is 8.11. The average Bonchev–Trinajstić information content (AvgIpc) is 2.34. The summed E-state index contributed by atoms with van der Waals surface area (Å²) in [5.41, 5.74) is 0.353. The van der Waals surface area contributed by atoms with Crippen LogP contribution in [-0.2, 0) is 4.74 Å². The molecule has 2 unspecified atom stereocenters. The van der Waals surface area contributed by atoms with Gasteiger partial charge in [0.25, 0.3) is 0 Å². The van der Waals surface area contributed by atoms with Gasteiger partial charge in [0.15, 0.2) is 0 Å². The van der Waals surface area contributed by atoms with E-state index in [-0.39, 0.29) is 0 Å². The first-order valence-corrected chi connectivity index (χ1v) is 7.31. The lowest BCUT2D eigenvalue weighted by molar-refractivity contribution is 0.142. The molecule has 1 rings (SSSR count). The van der Waals surface area contributed by atoms with Crippen LogP contribution in [-0.4, -0.2) is 26.3 Å². The third kappa shape index (κ3) is 5.39. The van der Waals surface area contributed by atoms with E-state index in [0.717, 1.165) is 31.5 Å². The van der Waals surface area contributed by atoms with E-state index >= 15 is 0 Å². The van der Waals surface area contributed by atoms with Gasteiger partial charge in [-0.15, -0.1) is 0 Å². The van der Waals surface area contributed by atoms with E-state index in [1.165, 1.54) is 32.1 Å². The zero-order valence-corrected chi connectivity index (χ0v) is 12.2. The minimum absolute atomic E-state index is 0.353. The number of nitrogens with one attached hydrogen (secondary N) is 1. The third-order valence-corrected chi connectivity index (χ3v) is 4.26. The molecule has 102 valence electrons. The minimum atomic E-state index is 0.353. The molecule has 2 atom stereocenters. The molecule has 2 nitrogen and oxygen atoms in total. The van der Waals surface area contributed by atoms with Crippen molar-refractivity contribution in [2.45, 2.75) is 65.3 Å². The molecule has 1 fully saturated rings. The Morgan fingerprint density at radius 1 is 1.24 bits per heavy atom. The highest BCUT2D eigenvalue weighted by Gasteiger charge is 2.25. The molecule has 0 radical (unpaired) electrons. The van der Waals surface area contributed by atoms with Crippen LogP contribution in [0.5, 0.6) is 0 Å². The van der Waals surface area contributed by atoms with Crippen LogP contribution in [0.15, 0.2) is 0 Å². The van der Waals surface area contributed by atoms with Crippen molar-refractivity contribution >= 4 is 0 Å². The summed E-state index contributed by atoms with van der Waals surface area (Å²) in [6.45, 7) is 9.00. The second kappa shape index (κ2) is 7.38. The van der Waals surface area contributed by atoms with Crippen molar-refractivity contribution in [2.75, 3.05) is 20.3 Å². The third-order valence-electron chi connectivity index (χ3n) is 4.26. The van der Waals surface area contributed by atoms with Gasteiger partial charge in [-0.2, -0.15) is 0 Å². The molecule has 0 aromatic heterocycles. The number of rotatable bonds is 7. The molecule has 0 saturated heterocycles. The molecule has 0 heterocycles. The summed E-state index contributed by atoms with van der Waals surface area (Å²) < 4.78 is 5.18. The molecular formula is C15H31NO. The summed E-state index contributed by atoms with van der Waals surface area (Å²) in [6, 6.07) is 0.760. The van der Waals surface area contributed by atoms with E-state index < -0.39 is 0 Å². The topological polar surface area (TPSA) is 21.3 Å². The lowest BCUT2D eigenvalue weighted by Gasteiger charge is -2.35. The maximum Gasteiger partial charge on any atom is 0.0467 e. The summed E-state index contributed by atoms with van der Waals surface area (Å²) in [4.78, 5) is 0.